The standard InChI is InChI=1S/C24H26N6O4S/c1-33-19-8-17-14(9-27-29-17)6-18(19)28-22-21-16-3-2-13(7-20(16)35-23(21)26-12-25-22)24(32)30(4-5-31)15-10-34-11-15/h2-3,6-9,15,22,25-26,28,31H,4-5,10-12H2,1H3,(H,27,29). The monoisotopic (exact) mass is 494 g/mol. The molecule has 2 aromatic carbocycles. The number of H-pyrrole nitrogens is 1. The van der Waals surface area contributed by atoms with E-state index in [-0.39, 0.29) is 24.7 Å². The lowest BCUT2D eigenvalue weighted by atomic mass is 10.0. The summed E-state index contributed by atoms with van der Waals surface area (Å²) < 4.78 is 11.9. The molecule has 4 aromatic rings. The molecule has 4 heterocycles. The van der Waals surface area contributed by atoms with Crippen molar-refractivity contribution in [3.8, 4) is 5.75 Å². The van der Waals surface area contributed by atoms with Gasteiger partial charge in [-0.2, -0.15) is 5.10 Å². The summed E-state index contributed by atoms with van der Waals surface area (Å²) >= 11 is 1.63. The van der Waals surface area contributed by atoms with Crippen LogP contribution in [0.25, 0.3) is 21.0 Å². The molecule has 0 bridgehead atoms. The van der Waals surface area contributed by atoms with Gasteiger partial charge in [-0.3, -0.25) is 15.2 Å². The van der Waals surface area contributed by atoms with Crippen LogP contribution in [0.15, 0.2) is 36.5 Å². The second kappa shape index (κ2) is 9.00. The molecule has 10 nitrogen and oxygen atoms in total. The number of fused-ring (bicyclic) bond motifs is 4. The smallest absolute Gasteiger partial charge is 0.254 e. The van der Waals surface area contributed by atoms with Crippen LogP contribution in [0.4, 0.5) is 10.7 Å². The third kappa shape index (κ3) is 3.86. The van der Waals surface area contributed by atoms with E-state index in [0.717, 1.165) is 43.0 Å². The number of hydrogen-bond donors (Lipinski definition) is 5. The fourth-order valence-corrected chi connectivity index (χ4v) is 5.84. The first-order valence-electron chi connectivity index (χ1n) is 11.5. The zero-order valence-electron chi connectivity index (χ0n) is 19.1. The van der Waals surface area contributed by atoms with Crippen LogP contribution < -0.4 is 20.7 Å². The van der Waals surface area contributed by atoms with Gasteiger partial charge >= 0.3 is 0 Å². The molecule has 0 spiro atoms. The zero-order chi connectivity index (χ0) is 23.9. The van der Waals surface area contributed by atoms with Gasteiger partial charge in [0.25, 0.3) is 5.91 Å². The molecule has 2 aliphatic rings. The van der Waals surface area contributed by atoms with E-state index in [1.54, 1.807) is 29.5 Å². The van der Waals surface area contributed by atoms with E-state index in [1.807, 2.05) is 30.3 Å². The Bertz CT molecular complexity index is 1400. The number of benzene rings is 2. The highest BCUT2D eigenvalue weighted by molar-refractivity contribution is 7.23. The molecule has 1 saturated heterocycles. The van der Waals surface area contributed by atoms with Gasteiger partial charge in [0.15, 0.2) is 0 Å². The third-order valence-electron chi connectivity index (χ3n) is 6.54. The summed E-state index contributed by atoms with van der Waals surface area (Å²) in [5.41, 5.74) is 3.48. The van der Waals surface area contributed by atoms with Gasteiger partial charge in [-0.15, -0.1) is 11.3 Å². The highest BCUT2D eigenvalue weighted by Crippen LogP contribution is 2.43. The summed E-state index contributed by atoms with van der Waals surface area (Å²) in [5.74, 6) is 0.638. The number of anilines is 2. The molecule has 0 radical (unpaired) electrons. The Labute approximate surface area is 205 Å². The van der Waals surface area contributed by atoms with Gasteiger partial charge in [0.2, 0.25) is 0 Å². The highest BCUT2D eigenvalue weighted by Gasteiger charge is 2.31. The topological polar surface area (TPSA) is 124 Å². The summed E-state index contributed by atoms with van der Waals surface area (Å²) in [6, 6.07) is 9.79. The number of ether oxygens (including phenoxy) is 2. The number of nitrogens with one attached hydrogen (secondary N) is 4. The molecule has 2 aromatic heterocycles. The van der Waals surface area contributed by atoms with Crippen molar-refractivity contribution in [1.29, 1.82) is 0 Å². The molecule has 5 N–H and O–H groups in total. The maximum absolute atomic E-state index is 13.2. The van der Waals surface area contributed by atoms with E-state index in [1.165, 1.54) is 0 Å². The second-order valence-corrected chi connectivity index (χ2v) is 9.67. The van der Waals surface area contributed by atoms with Crippen molar-refractivity contribution in [1.82, 2.24) is 20.4 Å². The molecule has 1 fully saturated rings. The van der Waals surface area contributed by atoms with Crippen LogP contribution in [0, 0.1) is 0 Å². The first-order valence-corrected chi connectivity index (χ1v) is 12.3. The maximum atomic E-state index is 13.2. The summed E-state index contributed by atoms with van der Waals surface area (Å²) in [6.07, 6.45) is 1.63. The maximum Gasteiger partial charge on any atom is 0.254 e. The van der Waals surface area contributed by atoms with Crippen molar-refractivity contribution in [2.45, 2.75) is 12.2 Å². The number of carbonyl (C=O) groups excluding carboxylic acids is 1. The number of aliphatic hydroxyl groups is 1. The minimum atomic E-state index is -0.155. The van der Waals surface area contributed by atoms with E-state index < -0.39 is 0 Å². The van der Waals surface area contributed by atoms with E-state index in [0.29, 0.717) is 32.0 Å². The first-order chi connectivity index (χ1) is 17.2. The highest BCUT2D eigenvalue weighted by atomic mass is 32.1. The average molecular weight is 495 g/mol. The number of carbonyl (C=O) groups is 1. The summed E-state index contributed by atoms with van der Waals surface area (Å²) in [7, 11) is 1.65. The molecular formula is C24H26N6O4S. The third-order valence-corrected chi connectivity index (χ3v) is 7.67. The van der Waals surface area contributed by atoms with Gasteiger partial charge in [-0.25, -0.2) is 0 Å². The number of aromatic amines is 1. The predicted molar refractivity (Wildman–Crippen MR) is 135 cm³/mol. The Balaban J connectivity index is 1.33. The van der Waals surface area contributed by atoms with Crippen LogP contribution in [0.1, 0.15) is 22.1 Å². The minimum absolute atomic E-state index is 0.0175. The predicted octanol–water partition coefficient (Wildman–Crippen LogP) is 2.70. The van der Waals surface area contributed by atoms with Gasteiger partial charge in [0.05, 0.1) is 62.0 Å². The molecule has 0 saturated carbocycles. The number of hydrogen-bond acceptors (Lipinski definition) is 9. The van der Waals surface area contributed by atoms with Crippen LogP contribution in [-0.2, 0) is 4.74 Å². The Morgan fingerprint density at radius 1 is 1.34 bits per heavy atom. The number of rotatable bonds is 7. The molecule has 0 aliphatic carbocycles. The van der Waals surface area contributed by atoms with Gasteiger partial charge in [-0.05, 0) is 18.2 Å². The quantitative estimate of drug-likeness (QED) is 0.266. The molecule has 2 aliphatic heterocycles. The Kier molecular flexibility index (Phi) is 5.69. The van der Waals surface area contributed by atoms with Crippen LogP contribution in [0.2, 0.25) is 0 Å². The number of aromatic nitrogens is 2. The number of aliphatic hydroxyl groups excluding tert-OH is 1. The van der Waals surface area contributed by atoms with Crippen LogP contribution in [-0.4, -0.2) is 72.3 Å². The Hall–Kier alpha value is -3.38. The lowest BCUT2D eigenvalue weighted by Crippen LogP contribution is -2.52. The summed E-state index contributed by atoms with van der Waals surface area (Å²) in [6.45, 7) is 1.85. The number of methoxy groups -OCH3 is 1. The molecule has 6 rings (SSSR count). The van der Waals surface area contributed by atoms with Gasteiger partial charge < -0.3 is 30.1 Å². The second-order valence-electron chi connectivity index (χ2n) is 8.61. The summed E-state index contributed by atoms with van der Waals surface area (Å²) in [4.78, 5) is 14.9. The van der Waals surface area contributed by atoms with Crippen LogP contribution in [0.3, 0.4) is 0 Å². The minimum Gasteiger partial charge on any atom is -0.495 e. The SMILES string of the molecule is COc1cc2[nH]ncc2cc1NC1NCNc2sc3cc(C(=O)N(CCO)C4COC4)ccc3c21. The van der Waals surface area contributed by atoms with E-state index in [4.69, 9.17) is 9.47 Å². The van der Waals surface area contributed by atoms with Crippen molar-refractivity contribution in [2.75, 3.05) is 50.8 Å². The molecular weight excluding hydrogens is 468 g/mol. The van der Waals surface area contributed by atoms with Crippen molar-refractivity contribution in [2.24, 2.45) is 0 Å². The number of amides is 1. The molecule has 1 atom stereocenters. The Morgan fingerprint density at radius 2 is 2.23 bits per heavy atom. The van der Waals surface area contributed by atoms with Crippen molar-refractivity contribution >= 4 is 48.9 Å². The largest absolute Gasteiger partial charge is 0.495 e. The van der Waals surface area contributed by atoms with Crippen LogP contribution >= 0.6 is 11.3 Å². The van der Waals surface area contributed by atoms with Crippen LogP contribution in [0.5, 0.6) is 5.75 Å². The van der Waals surface area contributed by atoms with E-state index >= 15 is 0 Å². The molecule has 1 unspecified atom stereocenters. The molecule has 11 heteroatoms. The zero-order valence-corrected chi connectivity index (χ0v) is 19.9. The van der Waals surface area contributed by atoms with Crippen molar-refractivity contribution < 1.29 is 19.4 Å². The lowest BCUT2D eigenvalue weighted by Gasteiger charge is -2.37. The molecule has 35 heavy (non-hydrogen) atoms. The summed E-state index contributed by atoms with van der Waals surface area (Å²) in [5, 5.41) is 30.2. The Morgan fingerprint density at radius 3 is 3.00 bits per heavy atom. The molecule has 1 amide bonds. The van der Waals surface area contributed by atoms with Crippen molar-refractivity contribution in [3.05, 3.63) is 47.7 Å². The lowest BCUT2D eigenvalue weighted by molar-refractivity contribution is -0.0569. The van der Waals surface area contributed by atoms with Crippen molar-refractivity contribution in [3.63, 3.8) is 0 Å². The average Bonchev–Trinajstić information content (AvgIpc) is 3.45. The first kappa shape index (κ1) is 22.1. The number of thiophene rings is 1. The van der Waals surface area contributed by atoms with Gasteiger partial charge in [0, 0.05) is 39.2 Å². The molecule has 182 valence electrons. The number of nitrogens with zero attached hydrogens (tertiary/aromatic N) is 2. The normalized spacial score (nSPS) is 17.6. The van der Waals surface area contributed by atoms with Gasteiger partial charge in [0.1, 0.15) is 11.9 Å². The van der Waals surface area contributed by atoms with E-state index in [9.17, 15) is 9.90 Å². The fourth-order valence-electron chi connectivity index (χ4n) is 4.66. The van der Waals surface area contributed by atoms with Gasteiger partial charge in [-0.1, -0.05) is 6.07 Å². The fraction of sp³-hybridized carbons (Fsp3) is 0.333. The van der Waals surface area contributed by atoms with E-state index in [2.05, 4.69) is 26.1 Å².